The van der Waals surface area contributed by atoms with Crippen LogP contribution in [0.15, 0.2) is 72.1 Å². The van der Waals surface area contributed by atoms with Crippen LogP contribution in [0.2, 0.25) is 5.02 Å². The molecule has 1 aliphatic heterocycles. The van der Waals surface area contributed by atoms with Gasteiger partial charge in [-0.1, -0.05) is 11.6 Å². The van der Waals surface area contributed by atoms with Gasteiger partial charge < -0.3 is 19.1 Å². The lowest BCUT2D eigenvalue weighted by atomic mass is 10.2. The number of carbonyl (C=O) groups excluding carboxylic acids is 1. The summed E-state index contributed by atoms with van der Waals surface area (Å²) in [4.78, 5) is 25.2. The largest absolute Gasteiger partial charge is 0.495 e. The zero-order chi connectivity index (χ0) is 26.9. The maximum Gasteiger partial charge on any atom is 0.263 e. The first-order valence-electron chi connectivity index (χ1n) is 12.0. The van der Waals surface area contributed by atoms with E-state index in [0.717, 1.165) is 16.6 Å². The zero-order valence-corrected chi connectivity index (χ0v) is 22.5. The second-order valence-corrected chi connectivity index (χ2v) is 11.0. The number of ether oxygens (including phenoxy) is 1. The van der Waals surface area contributed by atoms with Gasteiger partial charge >= 0.3 is 0 Å². The van der Waals surface area contributed by atoms with Crippen molar-refractivity contribution in [3.05, 3.63) is 72.3 Å². The molecule has 3 heterocycles. The molecule has 1 atom stereocenters. The Balaban J connectivity index is 1.22. The average molecular weight is 555 g/mol. The highest BCUT2D eigenvalue weighted by molar-refractivity contribution is 7.92. The van der Waals surface area contributed by atoms with Crippen LogP contribution in [-0.4, -0.2) is 67.0 Å². The number of hydrogen-bond acceptors (Lipinski definition) is 7. The lowest BCUT2D eigenvalue weighted by molar-refractivity contribution is -0.134. The molecule has 198 valence electrons. The summed E-state index contributed by atoms with van der Waals surface area (Å²) in [6, 6.07) is 13.4. The summed E-state index contributed by atoms with van der Waals surface area (Å²) in [6.07, 6.45) is 4.64. The van der Waals surface area contributed by atoms with Gasteiger partial charge in [0.25, 0.3) is 10.0 Å². The summed E-state index contributed by atoms with van der Waals surface area (Å²) < 4.78 is 35.1. The molecule has 4 aromatic rings. The normalized spacial score (nSPS) is 14.9. The molecule has 5 rings (SSSR count). The van der Waals surface area contributed by atoms with Gasteiger partial charge in [0.15, 0.2) is 0 Å². The predicted octanol–water partition coefficient (Wildman–Crippen LogP) is 3.80. The molecule has 1 unspecified atom stereocenters. The Bertz CT molecular complexity index is 1550. The Kier molecular flexibility index (Phi) is 7.13. The van der Waals surface area contributed by atoms with E-state index < -0.39 is 16.1 Å². The average Bonchev–Trinajstić information content (AvgIpc) is 3.34. The van der Waals surface area contributed by atoms with E-state index in [2.05, 4.69) is 19.6 Å². The number of carbonyl (C=O) groups is 1. The van der Waals surface area contributed by atoms with Gasteiger partial charge in [-0.15, -0.1) is 0 Å². The third-order valence-corrected chi connectivity index (χ3v) is 8.36. The van der Waals surface area contributed by atoms with E-state index in [1.165, 1.54) is 18.6 Å². The number of fused-ring (bicyclic) bond motifs is 1. The molecule has 0 radical (unpaired) electrons. The topological polar surface area (TPSA) is 110 Å². The number of nitrogens with one attached hydrogen (secondary N) is 1. The summed E-state index contributed by atoms with van der Waals surface area (Å²) in [6.45, 7) is 4.29. The van der Waals surface area contributed by atoms with E-state index in [-0.39, 0.29) is 16.6 Å². The van der Waals surface area contributed by atoms with Crippen LogP contribution in [0.3, 0.4) is 0 Å². The quantitative estimate of drug-likeness (QED) is 0.370. The Morgan fingerprint density at radius 3 is 2.47 bits per heavy atom. The molecule has 1 saturated heterocycles. The standard InChI is InChI=1S/C26H27ClN6O4S/c1-18(33-10-8-19-15-22(27)24(37-2)16-23(19)33)26(34)32-13-11-31(12-14-32)20-3-5-21(6-4-20)38(35,36)30-25-7-9-28-17-29-25/h3-10,15-18H,11-14H2,1-2H3,(H,28,29,30). The van der Waals surface area contributed by atoms with Crippen LogP contribution in [0, 0.1) is 0 Å². The number of hydrogen-bond donors (Lipinski definition) is 1. The van der Waals surface area contributed by atoms with E-state index >= 15 is 0 Å². The molecule has 1 aliphatic rings. The van der Waals surface area contributed by atoms with Gasteiger partial charge in [-0.25, -0.2) is 18.4 Å². The van der Waals surface area contributed by atoms with Crippen molar-refractivity contribution in [3.63, 3.8) is 0 Å². The van der Waals surface area contributed by atoms with Crippen LogP contribution in [0.4, 0.5) is 11.5 Å². The van der Waals surface area contributed by atoms with Crippen LogP contribution in [0.25, 0.3) is 10.9 Å². The van der Waals surface area contributed by atoms with E-state index in [4.69, 9.17) is 16.3 Å². The van der Waals surface area contributed by atoms with Crippen LogP contribution in [-0.2, 0) is 14.8 Å². The maximum absolute atomic E-state index is 13.4. The van der Waals surface area contributed by atoms with Gasteiger partial charge in [0.1, 0.15) is 23.9 Å². The molecule has 2 aromatic carbocycles. The fourth-order valence-electron chi connectivity index (χ4n) is 4.60. The molecule has 38 heavy (non-hydrogen) atoms. The number of methoxy groups -OCH3 is 1. The molecule has 0 aliphatic carbocycles. The predicted molar refractivity (Wildman–Crippen MR) is 146 cm³/mol. The summed E-state index contributed by atoms with van der Waals surface area (Å²) in [5, 5.41) is 1.47. The molecule has 12 heteroatoms. The lowest BCUT2D eigenvalue weighted by Gasteiger charge is -2.37. The second kappa shape index (κ2) is 10.5. The van der Waals surface area contributed by atoms with E-state index in [1.54, 1.807) is 31.4 Å². The minimum atomic E-state index is -3.76. The maximum atomic E-state index is 13.4. The second-order valence-electron chi connectivity index (χ2n) is 8.95. The fourth-order valence-corrected chi connectivity index (χ4v) is 5.86. The van der Waals surface area contributed by atoms with Gasteiger partial charge in [0.2, 0.25) is 5.91 Å². The Morgan fingerprint density at radius 2 is 1.82 bits per heavy atom. The molecule has 2 aromatic heterocycles. The number of amides is 1. The molecule has 10 nitrogen and oxygen atoms in total. The highest BCUT2D eigenvalue weighted by Crippen LogP contribution is 2.32. The molecule has 1 N–H and O–H groups in total. The van der Waals surface area contributed by atoms with Crippen molar-refractivity contribution in [2.45, 2.75) is 17.9 Å². The fraction of sp³-hybridized carbons (Fsp3) is 0.269. The van der Waals surface area contributed by atoms with Gasteiger partial charge in [-0.05, 0) is 49.4 Å². The Morgan fingerprint density at radius 1 is 1.08 bits per heavy atom. The van der Waals surface area contributed by atoms with Crippen molar-refractivity contribution in [1.29, 1.82) is 0 Å². The van der Waals surface area contributed by atoms with E-state index in [9.17, 15) is 13.2 Å². The number of nitrogens with zero attached hydrogens (tertiary/aromatic N) is 5. The molecule has 1 fully saturated rings. The molecule has 0 saturated carbocycles. The van der Waals surface area contributed by atoms with Crippen molar-refractivity contribution in [2.24, 2.45) is 0 Å². The van der Waals surface area contributed by atoms with Crippen LogP contribution in [0.5, 0.6) is 5.75 Å². The molecule has 0 spiro atoms. The number of anilines is 2. The molecule has 0 bridgehead atoms. The highest BCUT2D eigenvalue weighted by Gasteiger charge is 2.27. The first-order valence-corrected chi connectivity index (χ1v) is 13.9. The number of halogens is 1. The first-order chi connectivity index (χ1) is 18.3. The Labute approximate surface area is 225 Å². The third kappa shape index (κ3) is 5.11. The summed E-state index contributed by atoms with van der Waals surface area (Å²) in [5.41, 5.74) is 1.78. The van der Waals surface area contributed by atoms with Gasteiger partial charge in [0.05, 0.1) is 22.5 Å². The van der Waals surface area contributed by atoms with Gasteiger partial charge in [0, 0.05) is 55.7 Å². The number of aromatic nitrogens is 3. The zero-order valence-electron chi connectivity index (χ0n) is 20.9. The monoisotopic (exact) mass is 554 g/mol. The highest BCUT2D eigenvalue weighted by atomic mass is 35.5. The summed E-state index contributed by atoms with van der Waals surface area (Å²) in [5.74, 6) is 0.805. The number of sulfonamides is 1. The smallest absolute Gasteiger partial charge is 0.263 e. The summed E-state index contributed by atoms with van der Waals surface area (Å²) in [7, 11) is -2.20. The third-order valence-electron chi connectivity index (χ3n) is 6.69. The molecular formula is C26H27ClN6O4S. The van der Waals surface area contributed by atoms with Crippen molar-refractivity contribution in [1.82, 2.24) is 19.4 Å². The van der Waals surface area contributed by atoms with Crippen molar-refractivity contribution in [2.75, 3.05) is 42.9 Å². The van der Waals surface area contributed by atoms with Crippen molar-refractivity contribution in [3.8, 4) is 5.75 Å². The van der Waals surface area contributed by atoms with E-state index in [0.29, 0.717) is 37.0 Å². The van der Waals surface area contributed by atoms with Gasteiger partial charge in [-0.3, -0.25) is 9.52 Å². The minimum absolute atomic E-state index is 0.0355. The first kappa shape index (κ1) is 25.8. The van der Waals surface area contributed by atoms with Crippen molar-refractivity contribution >= 4 is 49.9 Å². The lowest BCUT2D eigenvalue weighted by Crippen LogP contribution is -2.50. The van der Waals surface area contributed by atoms with Crippen LogP contribution >= 0.6 is 11.6 Å². The van der Waals surface area contributed by atoms with Crippen molar-refractivity contribution < 1.29 is 17.9 Å². The van der Waals surface area contributed by atoms with Crippen LogP contribution in [0.1, 0.15) is 13.0 Å². The van der Waals surface area contributed by atoms with Gasteiger partial charge in [-0.2, -0.15) is 0 Å². The number of benzene rings is 2. The number of rotatable bonds is 7. The van der Waals surface area contributed by atoms with E-state index in [1.807, 2.05) is 40.8 Å². The summed E-state index contributed by atoms with van der Waals surface area (Å²) >= 11 is 6.25. The SMILES string of the molecule is COc1cc2c(ccn2C(C)C(=O)N2CCN(c3ccc(S(=O)(=O)Nc4ccncn4)cc3)CC2)cc1Cl. The minimum Gasteiger partial charge on any atom is -0.495 e. The Hall–Kier alpha value is -3.83. The number of piperazine rings is 1. The van der Waals surface area contributed by atoms with Crippen LogP contribution < -0.4 is 14.4 Å². The molecular weight excluding hydrogens is 528 g/mol. The molecule has 1 amide bonds.